The monoisotopic (exact) mass is 432 g/mol. The molecule has 10 heteroatoms. The Kier molecular flexibility index (Phi) is 6.09. The Morgan fingerprint density at radius 3 is 2.61 bits per heavy atom. The zero-order valence-electron chi connectivity index (χ0n) is 17.1. The number of hydrogen-bond acceptors (Lipinski definition) is 5. The number of likely N-dealkylation sites (N-methyl/N-ethyl adjacent to an activating group) is 1. The van der Waals surface area contributed by atoms with E-state index in [0.717, 1.165) is 16.9 Å². The molecule has 3 N–H and O–H groups in total. The molecule has 2 atom stereocenters. The first-order valence-electron chi connectivity index (χ1n) is 9.53. The Bertz CT molecular complexity index is 1130. The second-order valence-corrected chi connectivity index (χ2v) is 7.32. The normalized spacial score (nSPS) is 19.5. The molecule has 0 saturated carbocycles. The van der Waals surface area contributed by atoms with Crippen LogP contribution >= 0.6 is 0 Å². The van der Waals surface area contributed by atoms with Crippen LogP contribution in [0.25, 0.3) is 0 Å². The molecule has 0 fully saturated rings. The van der Waals surface area contributed by atoms with Crippen LogP contribution in [-0.2, 0) is 6.54 Å². The van der Waals surface area contributed by atoms with Crippen LogP contribution in [0.3, 0.4) is 0 Å². The molecule has 3 rings (SSSR count). The van der Waals surface area contributed by atoms with Crippen LogP contribution in [-0.4, -0.2) is 45.6 Å². The molecule has 0 spiro atoms. The Hall–Kier alpha value is -3.69. The van der Waals surface area contributed by atoms with Gasteiger partial charge in [-0.1, -0.05) is 18.2 Å². The molecule has 2 heterocycles. The number of hydrogen-bond donors (Lipinski definition) is 3. The van der Waals surface area contributed by atoms with E-state index in [2.05, 4.69) is 10.7 Å². The second kappa shape index (κ2) is 8.58. The van der Waals surface area contributed by atoms with E-state index in [0.29, 0.717) is 6.07 Å². The third kappa shape index (κ3) is 4.42. The molecule has 1 aromatic heterocycles. The van der Waals surface area contributed by atoms with Crippen molar-refractivity contribution >= 4 is 11.8 Å². The van der Waals surface area contributed by atoms with E-state index in [-0.39, 0.29) is 29.9 Å². The van der Waals surface area contributed by atoms with Crippen molar-refractivity contribution in [3.8, 4) is 5.75 Å². The summed E-state index contributed by atoms with van der Waals surface area (Å²) in [5.41, 5.74) is 1.15. The van der Waals surface area contributed by atoms with Gasteiger partial charge in [0.2, 0.25) is 5.43 Å². The number of carbonyl (C=O) groups is 2. The molecule has 2 aromatic rings. The van der Waals surface area contributed by atoms with E-state index in [1.54, 1.807) is 26.0 Å². The van der Waals surface area contributed by atoms with Gasteiger partial charge in [-0.2, -0.15) is 0 Å². The first kappa shape index (κ1) is 22.0. The Balaban J connectivity index is 1.97. The molecule has 31 heavy (non-hydrogen) atoms. The molecule has 0 radical (unpaired) electrons. The lowest BCUT2D eigenvalue weighted by Gasteiger charge is -2.24. The lowest BCUT2D eigenvalue weighted by molar-refractivity contribution is 0.0755. The lowest BCUT2D eigenvalue weighted by Crippen LogP contribution is -2.39. The van der Waals surface area contributed by atoms with Crippen molar-refractivity contribution in [2.45, 2.75) is 32.5 Å². The summed E-state index contributed by atoms with van der Waals surface area (Å²) in [6, 6.07) is 2.29. The summed E-state index contributed by atoms with van der Waals surface area (Å²) < 4.78 is 28.0. The van der Waals surface area contributed by atoms with Gasteiger partial charge in [-0.3, -0.25) is 19.1 Å². The number of nitrogens with zero attached hydrogens (tertiary/aromatic N) is 2. The standard InChI is InChI=1S/C21H22F2N4O4/c1-11-4-5-12(2)26(3)21(31)17-19(29)18(28)15(10-27(17)25-11)20(30)24-9-13-6-7-14(22)8-16(13)23/h4-8,10-12,25,29H,9H2,1-3H3,(H,24,30)/b5-4-/t11-,12+/m1/s1. The molecule has 164 valence electrons. The van der Waals surface area contributed by atoms with E-state index in [1.165, 1.54) is 18.0 Å². The fourth-order valence-corrected chi connectivity index (χ4v) is 3.08. The van der Waals surface area contributed by atoms with Crippen molar-refractivity contribution < 1.29 is 23.5 Å². The summed E-state index contributed by atoms with van der Waals surface area (Å²) in [6.45, 7) is 3.26. The van der Waals surface area contributed by atoms with E-state index in [1.807, 2.05) is 0 Å². The summed E-state index contributed by atoms with van der Waals surface area (Å²) >= 11 is 0. The van der Waals surface area contributed by atoms with Crippen LogP contribution in [0.4, 0.5) is 8.78 Å². The molecule has 8 nitrogen and oxygen atoms in total. The number of carbonyl (C=O) groups excluding carboxylic acids is 2. The van der Waals surface area contributed by atoms with Crippen LogP contribution in [0, 0.1) is 11.6 Å². The lowest BCUT2D eigenvalue weighted by atomic mass is 10.1. The Morgan fingerprint density at radius 1 is 1.23 bits per heavy atom. The smallest absolute Gasteiger partial charge is 0.276 e. The van der Waals surface area contributed by atoms with Crippen molar-refractivity contribution in [1.82, 2.24) is 14.9 Å². The highest BCUT2D eigenvalue weighted by Gasteiger charge is 2.28. The first-order valence-corrected chi connectivity index (χ1v) is 9.53. The Labute approximate surface area is 176 Å². The van der Waals surface area contributed by atoms with Gasteiger partial charge in [-0.25, -0.2) is 8.78 Å². The number of pyridine rings is 1. The first-order chi connectivity index (χ1) is 14.6. The minimum atomic E-state index is -1.04. The molecule has 1 aliphatic rings. The fraction of sp³-hybridized carbons (Fsp3) is 0.286. The van der Waals surface area contributed by atoms with Crippen molar-refractivity contribution in [2.75, 3.05) is 12.5 Å². The van der Waals surface area contributed by atoms with Gasteiger partial charge in [0.1, 0.15) is 17.2 Å². The number of nitrogens with one attached hydrogen (secondary N) is 2. The summed E-state index contributed by atoms with van der Waals surface area (Å²) in [6.07, 6.45) is 4.71. The minimum absolute atomic E-state index is 0.0180. The minimum Gasteiger partial charge on any atom is -0.502 e. The number of halogens is 2. The molecule has 0 saturated heterocycles. The van der Waals surface area contributed by atoms with Crippen LogP contribution in [0.15, 0.2) is 41.3 Å². The molecule has 0 bridgehead atoms. The molecule has 2 amide bonds. The molecular weight excluding hydrogens is 410 g/mol. The van der Waals surface area contributed by atoms with Crippen molar-refractivity contribution in [2.24, 2.45) is 0 Å². The Morgan fingerprint density at radius 2 is 1.94 bits per heavy atom. The summed E-state index contributed by atoms with van der Waals surface area (Å²) in [7, 11) is 1.53. The fourth-order valence-electron chi connectivity index (χ4n) is 3.08. The van der Waals surface area contributed by atoms with Crippen molar-refractivity contribution in [3.63, 3.8) is 0 Å². The third-order valence-corrected chi connectivity index (χ3v) is 5.04. The highest BCUT2D eigenvalue weighted by Crippen LogP contribution is 2.18. The molecular formula is C21H22F2N4O4. The van der Waals surface area contributed by atoms with Gasteiger partial charge in [0, 0.05) is 37.5 Å². The number of fused-ring (bicyclic) bond motifs is 1. The average Bonchev–Trinajstić information content (AvgIpc) is 2.75. The molecule has 0 unspecified atom stereocenters. The van der Waals surface area contributed by atoms with Crippen LogP contribution in [0.1, 0.15) is 40.3 Å². The van der Waals surface area contributed by atoms with E-state index < -0.39 is 40.2 Å². The summed E-state index contributed by atoms with van der Waals surface area (Å²) in [4.78, 5) is 39.4. The number of rotatable bonds is 3. The highest BCUT2D eigenvalue weighted by atomic mass is 19.1. The zero-order valence-corrected chi connectivity index (χ0v) is 17.1. The van der Waals surface area contributed by atoms with Crippen molar-refractivity contribution in [1.29, 1.82) is 0 Å². The van der Waals surface area contributed by atoms with Gasteiger partial charge in [-0.15, -0.1) is 0 Å². The van der Waals surface area contributed by atoms with Gasteiger partial charge >= 0.3 is 0 Å². The van der Waals surface area contributed by atoms with Gasteiger partial charge < -0.3 is 20.7 Å². The van der Waals surface area contributed by atoms with Gasteiger partial charge in [0.25, 0.3) is 11.8 Å². The largest absolute Gasteiger partial charge is 0.502 e. The maximum absolute atomic E-state index is 13.8. The predicted molar refractivity (Wildman–Crippen MR) is 109 cm³/mol. The van der Waals surface area contributed by atoms with Crippen molar-refractivity contribution in [3.05, 3.63) is 75.2 Å². The number of amides is 2. The molecule has 1 aromatic carbocycles. The summed E-state index contributed by atoms with van der Waals surface area (Å²) in [5.74, 6) is -4.00. The SMILES string of the molecule is C[C@@H]1/C=C\[C@H](C)N(C)C(=O)c2c(O)c(=O)c(C(=O)NCc3ccc(F)cc3F)cn2N1. The predicted octanol–water partition coefficient (Wildman–Crippen LogP) is 1.72. The highest BCUT2D eigenvalue weighted by molar-refractivity contribution is 5.98. The van der Waals surface area contributed by atoms with E-state index in [9.17, 15) is 28.3 Å². The maximum Gasteiger partial charge on any atom is 0.276 e. The third-order valence-electron chi connectivity index (χ3n) is 5.04. The number of aromatic nitrogens is 1. The van der Waals surface area contributed by atoms with Gasteiger partial charge in [-0.05, 0) is 19.9 Å². The van der Waals surface area contributed by atoms with E-state index >= 15 is 0 Å². The average molecular weight is 432 g/mol. The topological polar surface area (TPSA) is 104 Å². The quantitative estimate of drug-likeness (QED) is 0.641. The maximum atomic E-state index is 13.8. The van der Waals surface area contributed by atoms with Crippen LogP contribution < -0.4 is 16.2 Å². The second-order valence-electron chi connectivity index (χ2n) is 7.32. The van der Waals surface area contributed by atoms with Crippen LogP contribution in [0.5, 0.6) is 5.75 Å². The number of aromatic hydroxyl groups is 1. The summed E-state index contributed by atoms with van der Waals surface area (Å²) in [5, 5.41) is 12.8. The number of benzene rings is 1. The zero-order chi connectivity index (χ0) is 22.9. The molecule has 1 aliphatic heterocycles. The van der Waals surface area contributed by atoms with Crippen LogP contribution in [0.2, 0.25) is 0 Å². The van der Waals surface area contributed by atoms with E-state index in [4.69, 9.17) is 0 Å². The van der Waals surface area contributed by atoms with Gasteiger partial charge in [0.15, 0.2) is 11.4 Å². The van der Waals surface area contributed by atoms with Gasteiger partial charge in [0.05, 0.1) is 6.04 Å². The molecule has 0 aliphatic carbocycles.